The normalized spacial score (nSPS) is 14.5. The van der Waals surface area contributed by atoms with Gasteiger partial charge in [0.15, 0.2) is 6.61 Å². The number of carbonyl (C=O) groups is 3. The maximum atomic E-state index is 12.8. The first-order valence-electron chi connectivity index (χ1n) is 11.6. The first-order chi connectivity index (χ1) is 15.9. The zero-order valence-corrected chi connectivity index (χ0v) is 19.3. The van der Waals surface area contributed by atoms with Crippen LogP contribution < -0.4 is 20.7 Å². The van der Waals surface area contributed by atoms with Gasteiger partial charge in [0.2, 0.25) is 11.8 Å². The Morgan fingerprint density at radius 2 is 1.73 bits per heavy atom. The smallest absolute Gasteiger partial charge is 0.258 e. The lowest BCUT2D eigenvalue weighted by molar-refractivity contribution is -0.131. The topological polar surface area (TPSA) is 96.5 Å². The van der Waals surface area contributed by atoms with E-state index in [-0.39, 0.29) is 36.2 Å². The van der Waals surface area contributed by atoms with Gasteiger partial charge in [-0.25, -0.2) is 0 Å². The number of rotatable bonds is 10. The van der Waals surface area contributed by atoms with Gasteiger partial charge in [0.05, 0.1) is 0 Å². The Kier molecular flexibility index (Phi) is 8.87. The summed E-state index contributed by atoms with van der Waals surface area (Å²) in [6.45, 7) is 3.89. The van der Waals surface area contributed by atoms with Crippen LogP contribution in [0.1, 0.15) is 45.1 Å². The average Bonchev–Trinajstić information content (AvgIpc) is 3.36. The Hall–Kier alpha value is -3.35. The van der Waals surface area contributed by atoms with Gasteiger partial charge < -0.3 is 20.7 Å². The molecule has 2 aromatic carbocycles. The Morgan fingerprint density at radius 3 is 2.42 bits per heavy atom. The lowest BCUT2D eigenvalue weighted by Crippen LogP contribution is -2.50. The zero-order chi connectivity index (χ0) is 23.6. The second-order valence-corrected chi connectivity index (χ2v) is 8.78. The van der Waals surface area contributed by atoms with Crippen LogP contribution >= 0.6 is 0 Å². The van der Waals surface area contributed by atoms with Crippen molar-refractivity contribution in [2.45, 2.75) is 52.1 Å². The summed E-state index contributed by atoms with van der Waals surface area (Å²) in [5, 5.41) is 8.63. The third-order valence-corrected chi connectivity index (χ3v) is 5.77. The van der Waals surface area contributed by atoms with E-state index in [0.29, 0.717) is 12.3 Å². The summed E-state index contributed by atoms with van der Waals surface area (Å²) in [7, 11) is 0. The van der Waals surface area contributed by atoms with Crippen molar-refractivity contribution in [3.63, 3.8) is 0 Å². The fraction of sp³-hybridized carbons (Fsp3) is 0.423. The number of ether oxygens (including phenoxy) is 1. The second kappa shape index (κ2) is 12.0. The van der Waals surface area contributed by atoms with Crippen molar-refractivity contribution in [3.05, 3.63) is 60.2 Å². The van der Waals surface area contributed by atoms with Crippen LogP contribution in [0.25, 0.3) is 0 Å². The minimum Gasteiger partial charge on any atom is -0.484 e. The molecule has 0 radical (unpaired) electrons. The molecular formula is C26H33N3O4. The van der Waals surface area contributed by atoms with Gasteiger partial charge in [-0.2, -0.15) is 0 Å². The van der Waals surface area contributed by atoms with Gasteiger partial charge >= 0.3 is 0 Å². The van der Waals surface area contributed by atoms with Crippen LogP contribution in [-0.4, -0.2) is 30.4 Å². The van der Waals surface area contributed by atoms with E-state index < -0.39 is 6.04 Å². The number of hydrogen-bond donors (Lipinski definition) is 3. The molecule has 0 heterocycles. The summed E-state index contributed by atoms with van der Waals surface area (Å²) < 4.78 is 5.46. The summed E-state index contributed by atoms with van der Waals surface area (Å²) in [4.78, 5) is 37.4. The molecule has 0 spiro atoms. The maximum absolute atomic E-state index is 12.8. The van der Waals surface area contributed by atoms with Crippen molar-refractivity contribution >= 4 is 23.4 Å². The molecule has 2 aromatic rings. The monoisotopic (exact) mass is 451 g/mol. The molecule has 176 valence electrons. The average molecular weight is 452 g/mol. The first kappa shape index (κ1) is 24.3. The summed E-state index contributed by atoms with van der Waals surface area (Å²) in [6, 6.07) is 15.8. The van der Waals surface area contributed by atoms with E-state index >= 15 is 0 Å². The van der Waals surface area contributed by atoms with E-state index in [1.54, 1.807) is 12.1 Å². The second-order valence-electron chi connectivity index (χ2n) is 8.78. The minimum atomic E-state index is -0.679. The molecule has 3 N–H and O–H groups in total. The number of para-hydroxylation sites is 1. The van der Waals surface area contributed by atoms with E-state index in [9.17, 15) is 14.4 Å². The summed E-state index contributed by atoms with van der Waals surface area (Å²) in [6.07, 6.45) is 4.10. The third kappa shape index (κ3) is 7.63. The predicted octanol–water partition coefficient (Wildman–Crippen LogP) is 3.65. The molecule has 3 rings (SSSR count). The van der Waals surface area contributed by atoms with E-state index in [4.69, 9.17) is 4.74 Å². The van der Waals surface area contributed by atoms with Crippen LogP contribution in [0.4, 0.5) is 5.69 Å². The molecule has 1 unspecified atom stereocenters. The van der Waals surface area contributed by atoms with Crippen molar-refractivity contribution in [3.8, 4) is 5.75 Å². The van der Waals surface area contributed by atoms with Crippen LogP contribution in [0.15, 0.2) is 54.6 Å². The molecule has 1 aliphatic carbocycles. The highest BCUT2D eigenvalue weighted by atomic mass is 16.5. The molecule has 1 atom stereocenters. The molecular weight excluding hydrogens is 418 g/mol. The number of carbonyl (C=O) groups excluding carboxylic acids is 3. The quantitative estimate of drug-likeness (QED) is 0.514. The lowest BCUT2D eigenvalue weighted by atomic mass is 10.0. The van der Waals surface area contributed by atoms with Gasteiger partial charge in [-0.15, -0.1) is 0 Å². The Balaban J connectivity index is 1.49. The largest absolute Gasteiger partial charge is 0.484 e. The highest BCUT2D eigenvalue weighted by Gasteiger charge is 2.25. The van der Waals surface area contributed by atoms with Crippen molar-refractivity contribution in [2.24, 2.45) is 11.8 Å². The fourth-order valence-corrected chi connectivity index (χ4v) is 3.91. The standard InChI is InChI=1S/C26H33N3O4/c1-18(2)24(29-23(30)17-33-22-13-4-3-5-14-22)26(32)27-16-19-9-8-12-21(15-19)28-25(31)20-10-6-7-11-20/h3-5,8-9,12-15,18,20,24H,6-7,10-11,16-17H2,1-2H3,(H,27,32)(H,28,31)(H,29,30). The summed E-state index contributed by atoms with van der Waals surface area (Å²) in [5.74, 6) is 0.0345. The molecule has 1 fully saturated rings. The Morgan fingerprint density at radius 1 is 1.00 bits per heavy atom. The molecule has 1 saturated carbocycles. The van der Waals surface area contributed by atoms with E-state index in [1.807, 2.05) is 56.3 Å². The molecule has 0 aromatic heterocycles. The van der Waals surface area contributed by atoms with Crippen LogP contribution in [-0.2, 0) is 20.9 Å². The van der Waals surface area contributed by atoms with Crippen molar-refractivity contribution < 1.29 is 19.1 Å². The number of anilines is 1. The van der Waals surface area contributed by atoms with Gasteiger partial charge in [-0.05, 0) is 48.6 Å². The van der Waals surface area contributed by atoms with Gasteiger partial charge in [0.25, 0.3) is 5.91 Å². The zero-order valence-electron chi connectivity index (χ0n) is 19.3. The number of benzene rings is 2. The van der Waals surface area contributed by atoms with E-state index in [0.717, 1.165) is 36.9 Å². The molecule has 0 bridgehead atoms. The van der Waals surface area contributed by atoms with Gasteiger partial charge in [0.1, 0.15) is 11.8 Å². The minimum absolute atomic E-state index is 0.0639. The van der Waals surface area contributed by atoms with E-state index in [1.165, 1.54) is 0 Å². The molecule has 0 aliphatic heterocycles. The molecule has 7 nitrogen and oxygen atoms in total. The van der Waals surface area contributed by atoms with Crippen LogP contribution in [0.3, 0.4) is 0 Å². The molecule has 0 saturated heterocycles. The van der Waals surface area contributed by atoms with Crippen LogP contribution in [0.5, 0.6) is 5.75 Å². The first-order valence-corrected chi connectivity index (χ1v) is 11.6. The van der Waals surface area contributed by atoms with Gasteiger partial charge in [0, 0.05) is 18.2 Å². The highest BCUT2D eigenvalue weighted by molar-refractivity contribution is 5.92. The van der Waals surface area contributed by atoms with Crippen LogP contribution in [0.2, 0.25) is 0 Å². The van der Waals surface area contributed by atoms with Crippen molar-refractivity contribution in [1.82, 2.24) is 10.6 Å². The Bertz CT molecular complexity index is 940. The van der Waals surface area contributed by atoms with Crippen molar-refractivity contribution in [1.29, 1.82) is 0 Å². The summed E-state index contributed by atoms with van der Waals surface area (Å²) >= 11 is 0. The SMILES string of the molecule is CC(C)C(NC(=O)COc1ccccc1)C(=O)NCc1cccc(NC(=O)C2CCCC2)c1. The summed E-state index contributed by atoms with van der Waals surface area (Å²) in [5.41, 5.74) is 1.60. The number of nitrogens with one attached hydrogen (secondary N) is 3. The molecule has 3 amide bonds. The maximum Gasteiger partial charge on any atom is 0.258 e. The number of amides is 3. The fourth-order valence-electron chi connectivity index (χ4n) is 3.91. The lowest BCUT2D eigenvalue weighted by Gasteiger charge is -2.22. The van der Waals surface area contributed by atoms with Crippen LogP contribution in [0, 0.1) is 11.8 Å². The Labute approximate surface area is 195 Å². The van der Waals surface area contributed by atoms with Gasteiger partial charge in [-0.1, -0.05) is 57.0 Å². The van der Waals surface area contributed by atoms with Crippen molar-refractivity contribution in [2.75, 3.05) is 11.9 Å². The number of hydrogen-bond acceptors (Lipinski definition) is 4. The molecule has 33 heavy (non-hydrogen) atoms. The molecule has 7 heteroatoms. The van der Waals surface area contributed by atoms with E-state index in [2.05, 4.69) is 16.0 Å². The molecule has 1 aliphatic rings. The highest BCUT2D eigenvalue weighted by Crippen LogP contribution is 2.26. The third-order valence-electron chi connectivity index (χ3n) is 5.77. The predicted molar refractivity (Wildman–Crippen MR) is 128 cm³/mol. The van der Waals surface area contributed by atoms with Gasteiger partial charge in [-0.3, -0.25) is 14.4 Å².